The monoisotopic (exact) mass is 489 g/mol. The van der Waals surface area contributed by atoms with E-state index in [1.807, 2.05) is 71.0 Å². The maximum Gasteiger partial charge on any atom is 0.322 e. The van der Waals surface area contributed by atoms with E-state index in [0.717, 1.165) is 39.3 Å². The van der Waals surface area contributed by atoms with Crippen molar-refractivity contribution in [1.82, 2.24) is 14.7 Å². The molecule has 0 unspecified atom stereocenters. The number of anilines is 2. The fourth-order valence-corrected chi connectivity index (χ4v) is 4.00. The molecule has 3 amide bonds. The van der Waals surface area contributed by atoms with E-state index in [2.05, 4.69) is 44.4 Å². The summed E-state index contributed by atoms with van der Waals surface area (Å²) in [6, 6.07) is 13.3. The standard InChI is InChI=1S/C29H39N5O2/c1-18(2)33(28(36)31-27-20(4)13-10-14-21(27)5)17-26(35)30-25-16-24(29(7,8)9)32-34(25)23-15-11-12-19(3)22(23)6/h10-16,18H,17H2,1-9H3,(H,30,35)(H,31,36). The molecule has 0 radical (unpaired) electrons. The van der Waals surface area contributed by atoms with Crippen LogP contribution in [0.5, 0.6) is 0 Å². The first-order chi connectivity index (χ1) is 16.8. The van der Waals surface area contributed by atoms with Crippen molar-refractivity contribution in [1.29, 1.82) is 0 Å². The van der Waals surface area contributed by atoms with Crippen LogP contribution >= 0.6 is 0 Å². The van der Waals surface area contributed by atoms with Gasteiger partial charge in [-0.15, -0.1) is 0 Å². The molecular weight excluding hydrogens is 450 g/mol. The largest absolute Gasteiger partial charge is 0.322 e. The molecule has 2 aromatic carbocycles. The molecule has 0 aliphatic rings. The van der Waals surface area contributed by atoms with Crippen molar-refractivity contribution >= 4 is 23.4 Å². The van der Waals surface area contributed by atoms with Crippen LogP contribution in [0.25, 0.3) is 5.69 Å². The quantitative estimate of drug-likeness (QED) is 0.427. The second kappa shape index (κ2) is 10.6. The van der Waals surface area contributed by atoms with Gasteiger partial charge < -0.3 is 15.5 Å². The van der Waals surface area contributed by atoms with Crippen molar-refractivity contribution in [2.75, 3.05) is 17.2 Å². The summed E-state index contributed by atoms with van der Waals surface area (Å²) in [7, 11) is 0. The minimum Gasteiger partial charge on any atom is -0.313 e. The Labute approximate surface area is 214 Å². The van der Waals surface area contributed by atoms with Gasteiger partial charge in [0.1, 0.15) is 12.4 Å². The molecule has 1 heterocycles. The lowest BCUT2D eigenvalue weighted by Crippen LogP contribution is -2.45. The number of nitrogens with one attached hydrogen (secondary N) is 2. The average Bonchev–Trinajstić information content (AvgIpc) is 3.20. The van der Waals surface area contributed by atoms with E-state index in [1.54, 1.807) is 4.68 Å². The van der Waals surface area contributed by atoms with Gasteiger partial charge in [0.2, 0.25) is 5.91 Å². The van der Waals surface area contributed by atoms with Crippen LogP contribution in [0.4, 0.5) is 16.3 Å². The Morgan fingerprint density at radius 2 is 1.53 bits per heavy atom. The van der Waals surface area contributed by atoms with E-state index < -0.39 is 0 Å². The number of benzene rings is 2. The van der Waals surface area contributed by atoms with Crippen molar-refractivity contribution in [2.45, 2.75) is 73.8 Å². The molecule has 0 fully saturated rings. The Hall–Kier alpha value is -3.61. The van der Waals surface area contributed by atoms with Gasteiger partial charge in [-0.3, -0.25) is 4.79 Å². The summed E-state index contributed by atoms with van der Waals surface area (Å²) in [6.45, 7) is 18.0. The molecule has 7 nitrogen and oxygen atoms in total. The lowest BCUT2D eigenvalue weighted by molar-refractivity contribution is -0.117. The molecule has 0 aliphatic heterocycles. The number of carbonyl (C=O) groups excluding carboxylic acids is 2. The van der Waals surface area contributed by atoms with Gasteiger partial charge in [-0.2, -0.15) is 5.10 Å². The number of amides is 3. The highest BCUT2D eigenvalue weighted by Gasteiger charge is 2.25. The van der Waals surface area contributed by atoms with Gasteiger partial charge in [0.05, 0.1) is 11.4 Å². The van der Waals surface area contributed by atoms with E-state index in [9.17, 15) is 9.59 Å². The summed E-state index contributed by atoms with van der Waals surface area (Å²) in [4.78, 5) is 27.9. The maximum absolute atomic E-state index is 13.2. The zero-order chi connectivity index (χ0) is 26.8. The lowest BCUT2D eigenvalue weighted by atomic mass is 9.92. The summed E-state index contributed by atoms with van der Waals surface area (Å²) in [6.07, 6.45) is 0. The highest BCUT2D eigenvalue weighted by atomic mass is 16.2. The highest BCUT2D eigenvalue weighted by molar-refractivity contribution is 5.97. The number of rotatable bonds is 6. The first kappa shape index (κ1) is 27.0. The van der Waals surface area contributed by atoms with Crippen LogP contribution in [-0.2, 0) is 10.2 Å². The van der Waals surface area contributed by atoms with E-state index in [4.69, 9.17) is 5.10 Å². The summed E-state index contributed by atoms with van der Waals surface area (Å²) in [5.41, 5.74) is 6.54. The average molecular weight is 490 g/mol. The summed E-state index contributed by atoms with van der Waals surface area (Å²) < 4.78 is 1.79. The molecule has 192 valence electrons. The van der Waals surface area contributed by atoms with Gasteiger partial charge in [-0.1, -0.05) is 51.1 Å². The van der Waals surface area contributed by atoms with Crippen LogP contribution in [0.15, 0.2) is 42.5 Å². The van der Waals surface area contributed by atoms with Crippen molar-refractivity contribution < 1.29 is 9.59 Å². The molecule has 2 N–H and O–H groups in total. The first-order valence-electron chi connectivity index (χ1n) is 12.4. The predicted octanol–water partition coefficient (Wildman–Crippen LogP) is 6.28. The van der Waals surface area contributed by atoms with Gasteiger partial charge in [0.25, 0.3) is 0 Å². The molecule has 0 spiro atoms. The molecule has 0 saturated heterocycles. The first-order valence-corrected chi connectivity index (χ1v) is 12.4. The third-order valence-electron chi connectivity index (χ3n) is 6.46. The molecule has 1 aromatic heterocycles. The molecule has 0 aliphatic carbocycles. The van der Waals surface area contributed by atoms with E-state index in [0.29, 0.717) is 5.82 Å². The smallest absolute Gasteiger partial charge is 0.313 e. The number of aromatic nitrogens is 2. The number of nitrogens with zero attached hydrogens (tertiary/aromatic N) is 3. The summed E-state index contributed by atoms with van der Waals surface area (Å²) >= 11 is 0. The number of urea groups is 1. The van der Waals surface area contributed by atoms with Gasteiger partial charge in [-0.25, -0.2) is 9.48 Å². The van der Waals surface area contributed by atoms with Crippen LogP contribution in [-0.4, -0.2) is 39.2 Å². The van der Waals surface area contributed by atoms with Crippen LogP contribution in [0, 0.1) is 27.7 Å². The second-order valence-corrected chi connectivity index (χ2v) is 10.8. The molecule has 0 saturated carbocycles. The topological polar surface area (TPSA) is 79.3 Å². The number of aryl methyl sites for hydroxylation is 3. The lowest BCUT2D eigenvalue weighted by Gasteiger charge is -2.27. The van der Waals surface area contributed by atoms with Crippen LogP contribution in [0.3, 0.4) is 0 Å². The Morgan fingerprint density at radius 1 is 0.944 bits per heavy atom. The van der Waals surface area contributed by atoms with Gasteiger partial charge in [-0.05, 0) is 69.9 Å². The van der Waals surface area contributed by atoms with E-state index >= 15 is 0 Å². The van der Waals surface area contributed by atoms with Crippen LogP contribution in [0.1, 0.15) is 62.6 Å². The molecule has 0 atom stereocenters. The van der Waals surface area contributed by atoms with Gasteiger partial charge in [0, 0.05) is 23.2 Å². The van der Waals surface area contributed by atoms with E-state index in [1.165, 1.54) is 4.90 Å². The molecule has 3 rings (SSSR count). The van der Waals surface area contributed by atoms with Crippen LogP contribution in [0.2, 0.25) is 0 Å². The Kier molecular flexibility index (Phi) is 7.92. The Bertz CT molecular complexity index is 1250. The summed E-state index contributed by atoms with van der Waals surface area (Å²) in [5, 5.41) is 10.8. The third kappa shape index (κ3) is 5.96. The maximum atomic E-state index is 13.2. The SMILES string of the molecule is Cc1cccc(-n2nc(C(C)(C)C)cc2NC(=O)CN(C(=O)Nc2c(C)cccc2C)C(C)C)c1C. The Morgan fingerprint density at radius 3 is 2.11 bits per heavy atom. The Balaban J connectivity index is 1.87. The van der Waals surface area contributed by atoms with Crippen molar-refractivity contribution in [3.8, 4) is 5.69 Å². The fraction of sp³-hybridized carbons (Fsp3) is 0.414. The minimum absolute atomic E-state index is 0.0861. The number of carbonyl (C=O) groups is 2. The van der Waals surface area contributed by atoms with Gasteiger partial charge in [0.15, 0.2) is 0 Å². The third-order valence-corrected chi connectivity index (χ3v) is 6.46. The normalized spacial score (nSPS) is 11.5. The number of hydrogen-bond donors (Lipinski definition) is 2. The zero-order valence-corrected chi connectivity index (χ0v) is 23.0. The number of para-hydroxylation sites is 1. The second-order valence-electron chi connectivity index (χ2n) is 10.8. The predicted molar refractivity (Wildman–Crippen MR) is 147 cm³/mol. The zero-order valence-electron chi connectivity index (χ0n) is 23.0. The van der Waals surface area contributed by atoms with Gasteiger partial charge >= 0.3 is 6.03 Å². The molecule has 0 bridgehead atoms. The van der Waals surface area contributed by atoms with Crippen LogP contribution < -0.4 is 10.6 Å². The van der Waals surface area contributed by atoms with E-state index in [-0.39, 0.29) is 29.9 Å². The molecule has 3 aromatic rings. The molecule has 36 heavy (non-hydrogen) atoms. The number of hydrogen-bond acceptors (Lipinski definition) is 3. The highest BCUT2D eigenvalue weighted by Crippen LogP contribution is 2.28. The fourth-order valence-electron chi connectivity index (χ4n) is 4.00. The molecular formula is C29H39N5O2. The van der Waals surface area contributed by atoms with Crippen molar-refractivity contribution in [3.63, 3.8) is 0 Å². The minimum atomic E-state index is -0.309. The van der Waals surface area contributed by atoms with Crippen molar-refractivity contribution in [2.24, 2.45) is 0 Å². The van der Waals surface area contributed by atoms with Crippen molar-refractivity contribution in [3.05, 3.63) is 70.4 Å². The molecule has 7 heteroatoms. The summed E-state index contributed by atoms with van der Waals surface area (Å²) in [5.74, 6) is 0.296.